The van der Waals surface area contributed by atoms with Crippen molar-refractivity contribution in [3.63, 3.8) is 0 Å². The standard InChI is InChI=1S/C13H16BrNO2/c1-2-9-5-6-15(8-9)13(17)10-3-4-11(14)12(16)7-10/h3-4,7,9,16H,2,5-6,8H2,1H3. The summed E-state index contributed by atoms with van der Waals surface area (Å²) in [7, 11) is 0. The quantitative estimate of drug-likeness (QED) is 0.911. The number of likely N-dealkylation sites (tertiary alicyclic amines) is 1. The molecule has 0 aliphatic carbocycles. The molecule has 17 heavy (non-hydrogen) atoms. The average Bonchev–Trinajstić information content (AvgIpc) is 2.80. The summed E-state index contributed by atoms with van der Waals surface area (Å²) in [6.45, 7) is 3.82. The number of aromatic hydroxyl groups is 1. The van der Waals surface area contributed by atoms with Crippen LogP contribution in [-0.2, 0) is 0 Å². The molecule has 1 aromatic carbocycles. The van der Waals surface area contributed by atoms with Crippen molar-refractivity contribution in [2.45, 2.75) is 19.8 Å². The molecular formula is C13H16BrNO2. The van der Waals surface area contributed by atoms with Gasteiger partial charge in [-0.05, 0) is 46.5 Å². The SMILES string of the molecule is CCC1CCN(C(=O)c2ccc(Br)c(O)c2)C1. The van der Waals surface area contributed by atoms with Crippen molar-refractivity contribution in [3.05, 3.63) is 28.2 Å². The molecule has 0 aromatic heterocycles. The summed E-state index contributed by atoms with van der Waals surface area (Å²) in [5.41, 5.74) is 0.558. The number of carbonyl (C=O) groups excluding carboxylic acids is 1. The van der Waals surface area contributed by atoms with Crippen molar-refractivity contribution < 1.29 is 9.90 Å². The Balaban J connectivity index is 2.12. The number of amides is 1. The maximum atomic E-state index is 12.2. The van der Waals surface area contributed by atoms with E-state index in [2.05, 4.69) is 22.9 Å². The predicted octanol–water partition coefficient (Wildman–Crippen LogP) is 3.03. The Labute approximate surface area is 110 Å². The highest BCUT2D eigenvalue weighted by molar-refractivity contribution is 9.10. The second-order valence-corrected chi connectivity index (χ2v) is 5.33. The van der Waals surface area contributed by atoms with Crippen LogP contribution < -0.4 is 0 Å². The van der Waals surface area contributed by atoms with Crippen LogP contribution in [0.4, 0.5) is 0 Å². The lowest BCUT2D eigenvalue weighted by Crippen LogP contribution is -2.28. The van der Waals surface area contributed by atoms with Gasteiger partial charge in [0.25, 0.3) is 5.91 Å². The van der Waals surface area contributed by atoms with E-state index < -0.39 is 0 Å². The Morgan fingerprint density at radius 1 is 1.59 bits per heavy atom. The Hall–Kier alpha value is -1.03. The van der Waals surface area contributed by atoms with Gasteiger partial charge in [-0.25, -0.2) is 0 Å². The monoisotopic (exact) mass is 297 g/mol. The number of phenols is 1. The third kappa shape index (κ3) is 2.63. The van der Waals surface area contributed by atoms with Crippen LogP contribution in [0.5, 0.6) is 5.75 Å². The molecule has 1 N–H and O–H groups in total. The molecule has 0 radical (unpaired) electrons. The van der Waals surface area contributed by atoms with E-state index >= 15 is 0 Å². The molecule has 1 fully saturated rings. The van der Waals surface area contributed by atoms with Gasteiger partial charge in [0.15, 0.2) is 0 Å². The Bertz CT molecular complexity index is 433. The highest BCUT2D eigenvalue weighted by Crippen LogP contribution is 2.26. The molecule has 4 heteroatoms. The fraction of sp³-hybridized carbons (Fsp3) is 0.462. The van der Waals surface area contributed by atoms with E-state index in [1.54, 1.807) is 12.1 Å². The normalized spacial score (nSPS) is 19.6. The van der Waals surface area contributed by atoms with Gasteiger partial charge in [0.05, 0.1) is 4.47 Å². The van der Waals surface area contributed by atoms with Crippen LogP contribution in [0.2, 0.25) is 0 Å². The zero-order valence-corrected chi connectivity index (χ0v) is 11.4. The minimum atomic E-state index is 0.0174. The van der Waals surface area contributed by atoms with Gasteiger partial charge in [0.1, 0.15) is 5.75 Å². The van der Waals surface area contributed by atoms with Gasteiger partial charge < -0.3 is 10.0 Å². The van der Waals surface area contributed by atoms with E-state index in [0.717, 1.165) is 25.9 Å². The van der Waals surface area contributed by atoms with Crippen LogP contribution in [0.15, 0.2) is 22.7 Å². The van der Waals surface area contributed by atoms with E-state index in [4.69, 9.17) is 0 Å². The van der Waals surface area contributed by atoms with Crippen LogP contribution in [0.1, 0.15) is 30.1 Å². The number of hydrogen-bond donors (Lipinski definition) is 1. The van der Waals surface area contributed by atoms with E-state index in [-0.39, 0.29) is 11.7 Å². The lowest BCUT2D eigenvalue weighted by atomic mass is 10.1. The first-order valence-electron chi connectivity index (χ1n) is 5.89. The Kier molecular flexibility index (Phi) is 3.72. The van der Waals surface area contributed by atoms with Crippen molar-refractivity contribution in [3.8, 4) is 5.75 Å². The van der Waals surface area contributed by atoms with Crippen LogP contribution in [0, 0.1) is 5.92 Å². The lowest BCUT2D eigenvalue weighted by Gasteiger charge is -2.16. The molecule has 0 spiro atoms. The molecule has 1 amide bonds. The van der Waals surface area contributed by atoms with E-state index in [9.17, 15) is 9.90 Å². The van der Waals surface area contributed by atoms with Crippen molar-refractivity contribution in [1.29, 1.82) is 0 Å². The van der Waals surface area contributed by atoms with E-state index in [1.807, 2.05) is 4.90 Å². The van der Waals surface area contributed by atoms with Crippen LogP contribution in [0.3, 0.4) is 0 Å². The minimum Gasteiger partial charge on any atom is -0.507 e. The molecule has 1 aromatic rings. The molecule has 1 aliphatic rings. The second-order valence-electron chi connectivity index (χ2n) is 4.48. The minimum absolute atomic E-state index is 0.0174. The maximum absolute atomic E-state index is 12.2. The van der Waals surface area contributed by atoms with Gasteiger partial charge in [-0.15, -0.1) is 0 Å². The first-order valence-corrected chi connectivity index (χ1v) is 6.69. The van der Waals surface area contributed by atoms with E-state index in [0.29, 0.717) is 16.0 Å². The molecule has 2 rings (SSSR count). The van der Waals surface area contributed by atoms with Crippen LogP contribution in [0.25, 0.3) is 0 Å². The predicted molar refractivity (Wildman–Crippen MR) is 70.1 cm³/mol. The molecule has 3 nitrogen and oxygen atoms in total. The zero-order valence-electron chi connectivity index (χ0n) is 9.82. The highest BCUT2D eigenvalue weighted by atomic mass is 79.9. The van der Waals surface area contributed by atoms with E-state index in [1.165, 1.54) is 6.07 Å². The lowest BCUT2D eigenvalue weighted by molar-refractivity contribution is 0.0786. The number of halogens is 1. The third-order valence-electron chi connectivity index (χ3n) is 3.34. The van der Waals surface area contributed by atoms with Crippen LogP contribution in [-0.4, -0.2) is 29.0 Å². The van der Waals surface area contributed by atoms with Gasteiger partial charge in [-0.3, -0.25) is 4.79 Å². The molecule has 1 saturated heterocycles. The van der Waals surface area contributed by atoms with Gasteiger partial charge in [0.2, 0.25) is 0 Å². The van der Waals surface area contributed by atoms with Gasteiger partial charge in [0, 0.05) is 18.7 Å². The fourth-order valence-electron chi connectivity index (χ4n) is 2.18. The molecule has 0 bridgehead atoms. The fourth-order valence-corrected chi connectivity index (χ4v) is 2.43. The number of rotatable bonds is 2. The van der Waals surface area contributed by atoms with Gasteiger partial charge >= 0.3 is 0 Å². The largest absolute Gasteiger partial charge is 0.507 e. The molecule has 1 aliphatic heterocycles. The summed E-state index contributed by atoms with van der Waals surface area (Å²) < 4.78 is 0.613. The molecular weight excluding hydrogens is 282 g/mol. The van der Waals surface area contributed by atoms with Gasteiger partial charge in [-0.1, -0.05) is 13.3 Å². The summed E-state index contributed by atoms with van der Waals surface area (Å²) in [5, 5.41) is 9.57. The summed E-state index contributed by atoms with van der Waals surface area (Å²) in [4.78, 5) is 14.0. The summed E-state index contributed by atoms with van der Waals surface area (Å²) in [6.07, 6.45) is 2.21. The number of carbonyl (C=O) groups is 1. The van der Waals surface area contributed by atoms with Crippen molar-refractivity contribution in [1.82, 2.24) is 4.90 Å². The zero-order chi connectivity index (χ0) is 12.4. The number of benzene rings is 1. The topological polar surface area (TPSA) is 40.5 Å². The molecule has 1 unspecified atom stereocenters. The number of phenolic OH excluding ortho intramolecular Hbond substituents is 1. The Morgan fingerprint density at radius 2 is 2.35 bits per heavy atom. The highest BCUT2D eigenvalue weighted by Gasteiger charge is 2.25. The maximum Gasteiger partial charge on any atom is 0.253 e. The first-order chi connectivity index (χ1) is 8.11. The molecule has 1 atom stereocenters. The summed E-state index contributed by atoms with van der Waals surface area (Å²) in [5.74, 6) is 0.758. The second kappa shape index (κ2) is 5.08. The smallest absolute Gasteiger partial charge is 0.253 e. The summed E-state index contributed by atoms with van der Waals surface area (Å²) >= 11 is 3.21. The molecule has 0 saturated carbocycles. The summed E-state index contributed by atoms with van der Waals surface area (Å²) in [6, 6.07) is 4.97. The van der Waals surface area contributed by atoms with Gasteiger partial charge in [-0.2, -0.15) is 0 Å². The van der Waals surface area contributed by atoms with Crippen LogP contribution >= 0.6 is 15.9 Å². The van der Waals surface area contributed by atoms with Crippen molar-refractivity contribution >= 4 is 21.8 Å². The third-order valence-corrected chi connectivity index (χ3v) is 4.01. The number of hydrogen-bond acceptors (Lipinski definition) is 2. The number of nitrogens with zero attached hydrogens (tertiary/aromatic N) is 1. The average molecular weight is 298 g/mol. The first kappa shape index (κ1) is 12.4. The molecule has 92 valence electrons. The van der Waals surface area contributed by atoms with Crippen molar-refractivity contribution in [2.24, 2.45) is 5.92 Å². The Morgan fingerprint density at radius 3 is 2.94 bits per heavy atom. The molecule has 1 heterocycles. The van der Waals surface area contributed by atoms with Crippen molar-refractivity contribution in [2.75, 3.05) is 13.1 Å².